The minimum atomic E-state index is -0.454. The maximum atomic E-state index is 11.8. The molecule has 0 heterocycles. The SMILES string of the molecule is C=CC(C)c1ccc(C(=O)OC(C)(C)C)cc1. The van der Waals surface area contributed by atoms with Gasteiger partial charge in [-0.25, -0.2) is 4.79 Å². The van der Waals surface area contributed by atoms with Crippen molar-refractivity contribution < 1.29 is 9.53 Å². The van der Waals surface area contributed by atoms with Crippen molar-refractivity contribution in [3.8, 4) is 0 Å². The van der Waals surface area contributed by atoms with Crippen LogP contribution in [0.4, 0.5) is 0 Å². The van der Waals surface area contributed by atoms with Crippen molar-refractivity contribution in [2.75, 3.05) is 0 Å². The maximum absolute atomic E-state index is 11.8. The molecule has 1 aromatic rings. The smallest absolute Gasteiger partial charge is 0.338 e. The fourth-order valence-electron chi connectivity index (χ4n) is 1.40. The topological polar surface area (TPSA) is 26.3 Å². The van der Waals surface area contributed by atoms with Crippen LogP contribution in [0.5, 0.6) is 0 Å². The Morgan fingerprint density at radius 3 is 2.24 bits per heavy atom. The summed E-state index contributed by atoms with van der Waals surface area (Å²) in [6, 6.07) is 7.46. The molecule has 0 saturated heterocycles. The monoisotopic (exact) mass is 232 g/mol. The van der Waals surface area contributed by atoms with E-state index in [2.05, 4.69) is 13.5 Å². The minimum absolute atomic E-state index is 0.282. The van der Waals surface area contributed by atoms with Gasteiger partial charge in [0.2, 0.25) is 0 Å². The van der Waals surface area contributed by atoms with Crippen LogP contribution in [-0.4, -0.2) is 11.6 Å². The van der Waals surface area contributed by atoms with Gasteiger partial charge in [0.1, 0.15) is 5.60 Å². The summed E-state index contributed by atoms with van der Waals surface area (Å²) in [5, 5.41) is 0. The Morgan fingerprint density at radius 2 is 1.82 bits per heavy atom. The first-order chi connectivity index (χ1) is 7.83. The zero-order valence-corrected chi connectivity index (χ0v) is 11.0. The number of hydrogen-bond acceptors (Lipinski definition) is 2. The van der Waals surface area contributed by atoms with E-state index < -0.39 is 5.60 Å². The van der Waals surface area contributed by atoms with Crippen molar-refractivity contribution in [2.45, 2.75) is 39.2 Å². The van der Waals surface area contributed by atoms with E-state index in [0.717, 1.165) is 5.56 Å². The molecule has 1 rings (SSSR count). The van der Waals surface area contributed by atoms with Crippen LogP contribution in [-0.2, 0) is 4.74 Å². The average Bonchev–Trinajstić information content (AvgIpc) is 2.26. The van der Waals surface area contributed by atoms with Crippen LogP contribution >= 0.6 is 0 Å². The molecule has 0 N–H and O–H groups in total. The maximum Gasteiger partial charge on any atom is 0.338 e. The number of allylic oxidation sites excluding steroid dienone is 1. The molecule has 0 aromatic heterocycles. The Balaban J connectivity index is 2.81. The van der Waals surface area contributed by atoms with E-state index in [1.165, 1.54) is 0 Å². The van der Waals surface area contributed by atoms with Crippen LogP contribution in [0.25, 0.3) is 0 Å². The third-order valence-electron chi connectivity index (χ3n) is 2.42. The van der Waals surface area contributed by atoms with Crippen molar-refractivity contribution in [3.05, 3.63) is 48.0 Å². The van der Waals surface area contributed by atoms with Gasteiger partial charge in [-0.3, -0.25) is 0 Å². The quantitative estimate of drug-likeness (QED) is 0.583. The lowest BCUT2D eigenvalue weighted by Crippen LogP contribution is -2.23. The summed E-state index contributed by atoms with van der Waals surface area (Å²) in [7, 11) is 0. The predicted octanol–water partition coefficient (Wildman–Crippen LogP) is 3.93. The van der Waals surface area contributed by atoms with E-state index in [1.54, 1.807) is 12.1 Å². The van der Waals surface area contributed by atoms with Gasteiger partial charge in [0.25, 0.3) is 0 Å². The third-order valence-corrected chi connectivity index (χ3v) is 2.42. The molecule has 0 aliphatic carbocycles. The van der Waals surface area contributed by atoms with E-state index in [1.807, 2.05) is 39.0 Å². The third kappa shape index (κ3) is 4.06. The number of carbonyl (C=O) groups is 1. The first-order valence-electron chi connectivity index (χ1n) is 5.79. The highest BCUT2D eigenvalue weighted by molar-refractivity contribution is 5.89. The molecule has 2 heteroatoms. The van der Waals surface area contributed by atoms with Gasteiger partial charge in [0.15, 0.2) is 0 Å². The molecule has 1 unspecified atom stereocenters. The Hall–Kier alpha value is -1.57. The van der Waals surface area contributed by atoms with Crippen molar-refractivity contribution in [1.29, 1.82) is 0 Å². The van der Waals surface area contributed by atoms with Gasteiger partial charge in [-0.1, -0.05) is 25.1 Å². The Morgan fingerprint density at radius 1 is 1.29 bits per heavy atom. The van der Waals surface area contributed by atoms with Crippen molar-refractivity contribution in [2.24, 2.45) is 0 Å². The molecule has 2 nitrogen and oxygen atoms in total. The van der Waals surface area contributed by atoms with Gasteiger partial charge < -0.3 is 4.74 Å². The van der Waals surface area contributed by atoms with Crippen LogP contribution in [0, 0.1) is 0 Å². The Labute approximate surface area is 103 Å². The highest BCUT2D eigenvalue weighted by atomic mass is 16.6. The van der Waals surface area contributed by atoms with Gasteiger partial charge in [0, 0.05) is 0 Å². The number of carbonyl (C=O) groups excluding carboxylic acids is 1. The minimum Gasteiger partial charge on any atom is -0.456 e. The molecular weight excluding hydrogens is 212 g/mol. The zero-order valence-electron chi connectivity index (χ0n) is 11.0. The second-order valence-corrected chi connectivity index (χ2v) is 5.15. The number of hydrogen-bond donors (Lipinski definition) is 0. The first-order valence-corrected chi connectivity index (χ1v) is 5.79. The molecule has 1 atom stereocenters. The average molecular weight is 232 g/mol. The molecule has 0 aliphatic heterocycles. The Kier molecular flexibility index (Phi) is 4.11. The van der Waals surface area contributed by atoms with Crippen LogP contribution < -0.4 is 0 Å². The summed E-state index contributed by atoms with van der Waals surface area (Å²) in [6.45, 7) is 11.4. The lowest BCUT2D eigenvalue weighted by atomic mass is 10.00. The van der Waals surface area contributed by atoms with E-state index in [4.69, 9.17) is 4.74 Å². The molecule has 17 heavy (non-hydrogen) atoms. The molecule has 0 bridgehead atoms. The number of esters is 1. The van der Waals surface area contributed by atoms with Crippen molar-refractivity contribution >= 4 is 5.97 Å². The summed E-state index contributed by atoms with van der Waals surface area (Å²) >= 11 is 0. The molecule has 0 aliphatic rings. The normalized spacial score (nSPS) is 12.9. The second kappa shape index (κ2) is 5.17. The van der Waals surface area contributed by atoms with Crippen molar-refractivity contribution in [3.63, 3.8) is 0 Å². The molecular formula is C15H20O2. The molecule has 92 valence electrons. The summed E-state index contributed by atoms with van der Waals surface area (Å²) in [5.74, 6) is 0.0120. The lowest BCUT2D eigenvalue weighted by molar-refractivity contribution is 0.00695. The summed E-state index contributed by atoms with van der Waals surface area (Å²) < 4.78 is 5.29. The predicted molar refractivity (Wildman–Crippen MR) is 70.2 cm³/mol. The van der Waals surface area contributed by atoms with Gasteiger partial charge in [-0.15, -0.1) is 6.58 Å². The van der Waals surface area contributed by atoms with E-state index in [0.29, 0.717) is 11.5 Å². The number of ether oxygens (including phenoxy) is 1. The van der Waals surface area contributed by atoms with E-state index in [-0.39, 0.29) is 5.97 Å². The van der Waals surface area contributed by atoms with Gasteiger partial charge >= 0.3 is 5.97 Å². The number of benzene rings is 1. The fraction of sp³-hybridized carbons (Fsp3) is 0.400. The van der Waals surface area contributed by atoms with E-state index in [9.17, 15) is 4.79 Å². The second-order valence-electron chi connectivity index (χ2n) is 5.15. The summed E-state index contributed by atoms with van der Waals surface area (Å²) in [6.07, 6.45) is 1.88. The lowest BCUT2D eigenvalue weighted by Gasteiger charge is -2.19. The van der Waals surface area contributed by atoms with E-state index >= 15 is 0 Å². The number of rotatable bonds is 3. The molecule has 0 saturated carbocycles. The highest BCUT2D eigenvalue weighted by Gasteiger charge is 2.17. The standard InChI is InChI=1S/C15H20O2/c1-6-11(2)12-7-9-13(10-8-12)14(16)17-15(3,4)5/h6-11H,1H2,2-5H3. The zero-order chi connectivity index (χ0) is 13.1. The van der Waals surface area contributed by atoms with Gasteiger partial charge in [-0.05, 0) is 44.4 Å². The van der Waals surface area contributed by atoms with Crippen LogP contribution in [0.15, 0.2) is 36.9 Å². The van der Waals surface area contributed by atoms with Crippen LogP contribution in [0.1, 0.15) is 49.5 Å². The molecule has 1 aromatic carbocycles. The molecule has 0 fully saturated rings. The molecule has 0 amide bonds. The van der Waals surface area contributed by atoms with Gasteiger partial charge in [0.05, 0.1) is 5.56 Å². The fourth-order valence-corrected chi connectivity index (χ4v) is 1.40. The first kappa shape index (κ1) is 13.5. The highest BCUT2D eigenvalue weighted by Crippen LogP contribution is 2.18. The van der Waals surface area contributed by atoms with Crippen LogP contribution in [0.2, 0.25) is 0 Å². The molecule has 0 radical (unpaired) electrons. The van der Waals surface area contributed by atoms with Crippen LogP contribution in [0.3, 0.4) is 0 Å². The summed E-state index contributed by atoms with van der Waals surface area (Å²) in [5.41, 5.74) is 1.27. The molecule has 0 spiro atoms. The largest absolute Gasteiger partial charge is 0.456 e. The van der Waals surface area contributed by atoms with Gasteiger partial charge in [-0.2, -0.15) is 0 Å². The van der Waals surface area contributed by atoms with Crippen molar-refractivity contribution in [1.82, 2.24) is 0 Å². The summed E-state index contributed by atoms with van der Waals surface area (Å²) in [4.78, 5) is 11.8. The Bertz CT molecular complexity index is 396.